The minimum absolute atomic E-state index is 0.0357. The molecule has 12 nitrogen and oxygen atoms in total. The molecule has 1 amide bonds. The number of hydrogen-bond acceptors (Lipinski definition) is 8. The van der Waals surface area contributed by atoms with Crippen molar-refractivity contribution >= 4 is 44.5 Å². The van der Waals surface area contributed by atoms with Gasteiger partial charge in [0.05, 0.1) is 10.3 Å². The largest absolute Gasteiger partial charge is 0.488 e. The Labute approximate surface area is 302 Å². The molecule has 6 N–H and O–H groups in total. The van der Waals surface area contributed by atoms with Crippen molar-refractivity contribution in [2.75, 3.05) is 5.32 Å². The maximum absolute atomic E-state index is 13.0. The van der Waals surface area contributed by atoms with Gasteiger partial charge in [-0.15, -0.1) is 0 Å². The number of aliphatic carboxylic acids is 2. The van der Waals surface area contributed by atoms with Crippen LogP contribution in [0.4, 0.5) is 5.69 Å². The Bertz CT molecular complexity index is 2080. The first-order chi connectivity index (χ1) is 24.6. The quantitative estimate of drug-likeness (QED) is 0.0814. The first kappa shape index (κ1) is 39.3. The number of rotatable bonds is 14. The third-order valence-electron chi connectivity index (χ3n) is 7.88. The molecule has 0 saturated carbocycles. The minimum Gasteiger partial charge on any atom is -0.488 e. The van der Waals surface area contributed by atoms with E-state index < -0.39 is 45.9 Å². The number of sulfonamides is 1. The number of fused-ring (bicyclic) bond motifs is 1. The number of hydrogen-bond donors (Lipinski definition) is 5. The summed E-state index contributed by atoms with van der Waals surface area (Å²) in [6.45, 7) is 7.54. The van der Waals surface area contributed by atoms with Gasteiger partial charge in [0, 0.05) is 11.8 Å². The van der Waals surface area contributed by atoms with Gasteiger partial charge in [0.2, 0.25) is 10.0 Å². The molecule has 1 aromatic heterocycles. The molecule has 5 rings (SSSR count). The Hall–Kier alpha value is -5.50. The molecule has 0 spiro atoms. The molecule has 0 bridgehead atoms. The molecule has 0 saturated heterocycles. The highest BCUT2D eigenvalue weighted by molar-refractivity contribution is 7.89. The molecular formula is C39H43N3O9S. The van der Waals surface area contributed by atoms with Gasteiger partial charge in [0.25, 0.3) is 5.91 Å². The molecule has 4 aromatic carbocycles. The van der Waals surface area contributed by atoms with E-state index >= 15 is 0 Å². The van der Waals surface area contributed by atoms with Gasteiger partial charge < -0.3 is 30.4 Å². The van der Waals surface area contributed by atoms with Crippen LogP contribution in [0, 0.1) is 11.8 Å². The van der Waals surface area contributed by atoms with Crippen LogP contribution in [0.3, 0.4) is 0 Å². The second-order valence-electron chi connectivity index (χ2n) is 12.9. The van der Waals surface area contributed by atoms with Gasteiger partial charge >= 0.3 is 11.9 Å². The van der Waals surface area contributed by atoms with Crippen LogP contribution in [0.1, 0.15) is 50.2 Å². The Kier molecular flexibility index (Phi) is 13.3. The van der Waals surface area contributed by atoms with Gasteiger partial charge in [-0.2, -0.15) is 4.72 Å². The number of nitrogens with two attached hydrogens (primary N) is 1. The lowest BCUT2D eigenvalue weighted by molar-refractivity contribution is -0.140. The fourth-order valence-electron chi connectivity index (χ4n) is 5.09. The summed E-state index contributed by atoms with van der Waals surface area (Å²) in [5.41, 5.74) is 8.87. The maximum atomic E-state index is 13.0. The van der Waals surface area contributed by atoms with E-state index in [-0.39, 0.29) is 10.7 Å². The molecule has 0 aliphatic heterocycles. The second-order valence-corrected chi connectivity index (χ2v) is 14.6. The van der Waals surface area contributed by atoms with Crippen molar-refractivity contribution in [1.29, 1.82) is 0 Å². The van der Waals surface area contributed by atoms with E-state index in [4.69, 9.17) is 20.0 Å². The van der Waals surface area contributed by atoms with E-state index in [1.165, 1.54) is 12.1 Å². The first-order valence-corrected chi connectivity index (χ1v) is 18.1. The molecule has 52 heavy (non-hydrogen) atoms. The molecule has 2 atom stereocenters. The molecule has 274 valence electrons. The predicted molar refractivity (Wildman–Crippen MR) is 198 cm³/mol. The van der Waals surface area contributed by atoms with Crippen LogP contribution in [0.25, 0.3) is 22.1 Å². The van der Waals surface area contributed by atoms with Crippen molar-refractivity contribution in [2.24, 2.45) is 17.6 Å². The molecule has 13 heteroatoms. The molecule has 0 aliphatic rings. The number of carboxylic acid groups (broad SMARTS) is 2. The average Bonchev–Trinajstić information content (AvgIpc) is 3.56. The molecule has 2 unspecified atom stereocenters. The van der Waals surface area contributed by atoms with Gasteiger partial charge in [-0.25, -0.2) is 8.42 Å². The Balaban J connectivity index is 0.000000595. The van der Waals surface area contributed by atoms with Gasteiger partial charge in [-0.05, 0) is 71.3 Å². The van der Waals surface area contributed by atoms with Crippen LogP contribution in [-0.4, -0.2) is 48.6 Å². The van der Waals surface area contributed by atoms with Crippen LogP contribution in [-0.2, 0) is 26.2 Å². The van der Waals surface area contributed by atoms with Gasteiger partial charge in [-0.1, -0.05) is 88.4 Å². The second kappa shape index (κ2) is 17.6. The van der Waals surface area contributed by atoms with Crippen molar-refractivity contribution in [3.8, 4) is 16.9 Å². The minimum atomic E-state index is -4.02. The number of carbonyl (C=O) groups is 3. The van der Waals surface area contributed by atoms with Crippen LogP contribution < -0.4 is 20.5 Å². The summed E-state index contributed by atoms with van der Waals surface area (Å²) in [5, 5.41) is 21.2. The summed E-state index contributed by atoms with van der Waals surface area (Å²) in [5.74, 6) is -1.87. The van der Waals surface area contributed by atoms with Crippen molar-refractivity contribution in [3.63, 3.8) is 0 Å². The lowest BCUT2D eigenvalue weighted by atomic mass is 10.1. The van der Waals surface area contributed by atoms with E-state index in [0.29, 0.717) is 41.4 Å². The van der Waals surface area contributed by atoms with Crippen LogP contribution >= 0.6 is 0 Å². The fourth-order valence-corrected chi connectivity index (χ4v) is 6.43. The summed E-state index contributed by atoms with van der Waals surface area (Å²) in [4.78, 5) is 34.5. The van der Waals surface area contributed by atoms with Crippen LogP contribution in [0.2, 0.25) is 0 Å². The van der Waals surface area contributed by atoms with Crippen molar-refractivity contribution in [1.82, 2.24) is 4.72 Å². The van der Waals surface area contributed by atoms with Crippen LogP contribution in [0.15, 0.2) is 112 Å². The Morgan fingerprint density at radius 3 is 1.96 bits per heavy atom. The Morgan fingerprint density at radius 1 is 0.808 bits per heavy atom. The molecule has 0 fully saturated rings. The van der Waals surface area contributed by atoms with E-state index in [2.05, 4.69) is 10.0 Å². The van der Waals surface area contributed by atoms with Crippen molar-refractivity contribution in [2.45, 2.75) is 57.7 Å². The zero-order chi connectivity index (χ0) is 38.0. The molecule has 0 radical (unpaired) electrons. The van der Waals surface area contributed by atoms with E-state index in [1.54, 1.807) is 62.4 Å². The number of furan rings is 1. The number of amides is 1. The van der Waals surface area contributed by atoms with Crippen molar-refractivity contribution in [3.05, 3.63) is 114 Å². The lowest BCUT2D eigenvalue weighted by Crippen LogP contribution is -2.44. The lowest BCUT2D eigenvalue weighted by Gasteiger charge is -2.18. The summed E-state index contributed by atoms with van der Waals surface area (Å²) in [6, 6.07) is 28.1. The summed E-state index contributed by atoms with van der Waals surface area (Å²) in [7, 11) is -4.02. The molecular weight excluding hydrogens is 687 g/mol. The fraction of sp³-hybridized carbons (Fsp3) is 0.256. The summed E-state index contributed by atoms with van der Waals surface area (Å²) < 4.78 is 39.4. The third kappa shape index (κ3) is 10.8. The van der Waals surface area contributed by atoms with Gasteiger partial charge in [0.1, 0.15) is 30.0 Å². The van der Waals surface area contributed by atoms with Crippen LogP contribution in [0.5, 0.6) is 5.75 Å². The van der Waals surface area contributed by atoms with Gasteiger partial charge in [0.15, 0.2) is 5.76 Å². The van der Waals surface area contributed by atoms with Crippen molar-refractivity contribution < 1.29 is 42.2 Å². The predicted octanol–water partition coefficient (Wildman–Crippen LogP) is 6.76. The zero-order valence-corrected chi connectivity index (χ0v) is 30.1. The number of carbonyl (C=O) groups excluding carboxylic acids is 1. The smallest absolute Gasteiger partial charge is 0.322 e. The normalized spacial score (nSPS) is 12.5. The monoisotopic (exact) mass is 729 g/mol. The highest BCUT2D eigenvalue weighted by atomic mass is 32.2. The summed E-state index contributed by atoms with van der Waals surface area (Å²) in [6.07, 6.45) is 0.551. The average molecular weight is 730 g/mol. The Morgan fingerprint density at radius 2 is 1.42 bits per heavy atom. The topological polar surface area (TPSA) is 198 Å². The highest BCUT2D eigenvalue weighted by Crippen LogP contribution is 2.30. The van der Waals surface area contributed by atoms with E-state index in [9.17, 15) is 27.9 Å². The number of ether oxygens (including phenoxy) is 1. The number of nitrogens with one attached hydrogen (secondary N) is 2. The van der Waals surface area contributed by atoms with Gasteiger partial charge in [-0.3, -0.25) is 14.4 Å². The molecule has 5 aromatic rings. The summed E-state index contributed by atoms with van der Waals surface area (Å²) >= 11 is 0. The number of benzene rings is 4. The SMILES string of the molecule is CC(C)C(NS(=O)(=O)c1ccc(-c2ccc(NC(=O)c3cc4c(OCc5ccccc5)cccc4o3)cc2)cc1)C(=O)O.CC(C)CC(N)C(=O)O. The number of anilines is 1. The molecule has 0 aliphatic carbocycles. The highest BCUT2D eigenvalue weighted by Gasteiger charge is 2.28. The zero-order valence-electron chi connectivity index (χ0n) is 29.3. The maximum Gasteiger partial charge on any atom is 0.322 e. The standard InChI is InChI=1S/C33H30N2O7S.C6H13NO2/c1-21(2)31(33(37)38)35-43(39,40)26-17-13-24(14-18-26)23-11-15-25(16-12-23)34-32(36)30-19-27-28(9-6-10-29(27)42-30)41-20-22-7-4-3-5-8-22;1-4(2)3-5(7)6(8)9/h3-19,21,31,35H,20H2,1-2H3,(H,34,36)(H,37,38);4-5H,3,7H2,1-2H3,(H,8,9). The first-order valence-electron chi connectivity index (χ1n) is 16.6. The van der Waals surface area contributed by atoms with E-state index in [0.717, 1.165) is 16.7 Å². The van der Waals surface area contributed by atoms with E-state index in [1.807, 2.05) is 56.3 Å². The third-order valence-corrected chi connectivity index (χ3v) is 9.34. The molecule has 1 heterocycles. The number of carboxylic acids is 2.